The highest BCUT2D eigenvalue weighted by Crippen LogP contribution is 2.27. The number of nitrogens with one attached hydrogen (secondary N) is 1. The van der Waals surface area contributed by atoms with Crippen molar-refractivity contribution in [2.24, 2.45) is 0 Å². The molecule has 0 fully saturated rings. The highest BCUT2D eigenvalue weighted by Gasteiger charge is 2.12. The zero-order valence-corrected chi connectivity index (χ0v) is 12.1. The van der Waals surface area contributed by atoms with Crippen LogP contribution in [0.5, 0.6) is 11.5 Å². The average molecular weight is 352 g/mol. The van der Waals surface area contributed by atoms with Crippen molar-refractivity contribution in [3.63, 3.8) is 0 Å². The molecule has 0 aromatic heterocycles. The molecule has 0 unspecified atom stereocenters. The molecule has 108 valence electrons. The van der Waals surface area contributed by atoms with Crippen LogP contribution >= 0.6 is 15.9 Å². The van der Waals surface area contributed by atoms with Crippen LogP contribution < -0.4 is 5.32 Å². The minimum atomic E-state index is -1.07. The summed E-state index contributed by atoms with van der Waals surface area (Å²) >= 11 is 3.18. The van der Waals surface area contributed by atoms with Crippen molar-refractivity contribution in [1.29, 1.82) is 0 Å². The van der Waals surface area contributed by atoms with E-state index in [0.717, 1.165) is 6.07 Å². The topological polar surface area (TPSA) is 107 Å². The van der Waals surface area contributed by atoms with Crippen molar-refractivity contribution >= 4 is 33.5 Å². The maximum atomic E-state index is 12.0. The molecule has 21 heavy (non-hydrogen) atoms. The molecule has 7 heteroatoms. The number of hydrogen-bond donors (Lipinski definition) is 4. The van der Waals surface area contributed by atoms with Gasteiger partial charge in [0.05, 0.1) is 11.3 Å². The molecule has 0 aliphatic rings. The third kappa shape index (κ3) is 3.32. The number of aromatic hydroxyl groups is 2. The summed E-state index contributed by atoms with van der Waals surface area (Å²) in [4.78, 5) is 22.8. The highest BCUT2D eigenvalue weighted by molar-refractivity contribution is 9.10. The van der Waals surface area contributed by atoms with Crippen LogP contribution in [0, 0.1) is 0 Å². The second-order valence-electron chi connectivity index (χ2n) is 4.16. The van der Waals surface area contributed by atoms with Gasteiger partial charge in [-0.2, -0.15) is 0 Å². The standard InChI is InChI=1S/C14H10BrNO5/c15-9-5-8(14(20)21)1-3-10(9)16-13(19)7-2-4-11(17)12(18)6-7/h1-6,17-18H,(H,16,19)(H,20,21). The third-order valence-corrected chi connectivity index (χ3v) is 3.36. The number of phenols is 2. The molecule has 2 aromatic rings. The van der Waals surface area contributed by atoms with Crippen LogP contribution in [0.15, 0.2) is 40.9 Å². The van der Waals surface area contributed by atoms with Crippen molar-refractivity contribution in [3.8, 4) is 11.5 Å². The minimum absolute atomic E-state index is 0.0853. The molecule has 0 atom stereocenters. The van der Waals surface area contributed by atoms with Gasteiger partial charge in [-0.1, -0.05) is 0 Å². The molecule has 0 bridgehead atoms. The molecular weight excluding hydrogens is 342 g/mol. The van der Waals surface area contributed by atoms with E-state index in [0.29, 0.717) is 10.2 Å². The Morgan fingerprint density at radius 3 is 2.19 bits per heavy atom. The van der Waals surface area contributed by atoms with Gasteiger partial charge in [0.2, 0.25) is 0 Å². The quantitative estimate of drug-likeness (QED) is 0.636. The number of phenolic OH excluding ortho intramolecular Hbond substituents is 2. The number of halogens is 1. The number of benzene rings is 2. The van der Waals surface area contributed by atoms with E-state index >= 15 is 0 Å². The van der Waals surface area contributed by atoms with Gasteiger partial charge in [-0.3, -0.25) is 4.79 Å². The summed E-state index contributed by atoms with van der Waals surface area (Å²) in [5.41, 5.74) is 0.624. The number of rotatable bonds is 3. The number of amides is 1. The minimum Gasteiger partial charge on any atom is -0.504 e. The lowest BCUT2D eigenvalue weighted by Crippen LogP contribution is -2.12. The molecule has 1 amide bonds. The molecular formula is C14H10BrNO5. The molecule has 0 aliphatic heterocycles. The molecule has 4 N–H and O–H groups in total. The number of carboxylic acid groups (broad SMARTS) is 1. The van der Waals surface area contributed by atoms with Gasteiger partial charge in [0.1, 0.15) is 0 Å². The Morgan fingerprint density at radius 2 is 1.62 bits per heavy atom. The molecule has 6 nitrogen and oxygen atoms in total. The summed E-state index contributed by atoms with van der Waals surface area (Å²) in [6.07, 6.45) is 0. The molecule has 2 rings (SSSR count). The maximum Gasteiger partial charge on any atom is 0.335 e. The van der Waals surface area contributed by atoms with Crippen LogP contribution in [0.4, 0.5) is 5.69 Å². The van der Waals surface area contributed by atoms with Crippen molar-refractivity contribution in [2.75, 3.05) is 5.32 Å². The molecule has 0 heterocycles. The van der Waals surface area contributed by atoms with Crippen molar-refractivity contribution in [3.05, 3.63) is 52.0 Å². The van der Waals surface area contributed by atoms with Crippen molar-refractivity contribution in [1.82, 2.24) is 0 Å². The summed E-state index contributed by atoms with van der Waals surface area (Å²) in [6, 6.07) is 7.86. The van der Waals surface area contributed by atoms with E-state index in [1.165, 1.54) is 30.3 Å². The third-order valence-electron chi connectivity index (χ3n) is 2.70. The van der Waals surface area contributed by atoms with Crippen LogP contribution in [0.25, 0.3) is 0 Å². The van der Waals surface area contributed by atoms with Gasteiger partial charge < -0.3 is 20.6 Å². The van der Waals surface area contributed by atoms with Gasteiger partial charge in [-0.05, 0) is 52.3 Å². The van der Waals surface area contributed by atoms with Gasteiger partial charge in [-0.15, -0.1) is 0 Å². The smallest absolute Gasteiger partial charge is 0.335 e. The summed E-state index contributed by atoms with van der Waals surface area (Å²) < 4.78 is 0.416. The number of carbonyl (C=O) groups excluding carboxylic acids is 1. The lowest BCUT2D eigenvalue weighted by atomic mass is 10.1. The number of carboxylic acids is 1. The fraction of sp³-hybridized carbons (Fsp3) is 0. The van der Waals surface area contributed by atoms with Crippen molar-refractivity contribution in [2.45, 2.75) is 0 Å². The summed E-state index contributed by atoms with van der Waals surface area (Å²) in [5, 5.41) is 30.0. The Labute approximate surface area is 127 Å². The van der Waals surface area contributed by atoms with E-state index in [1.54, 1.807) is 0 Å². The predicted octanol–water partition coefficient (Wildman–Crippen LogP) is 2.81. The second kappa shape index (κ2) is 5.84. The molecule has 0 spiro atoms. The zero-order valence-electron chi connectivity index (χ0n) is 10.5. The van der Waals surface area contributed by atoms with E-state index in [2.05, 4.69) is 21.2 Å². The van der Waals surface area contributed by atoms with Gasteiger partial charge in [-0.25, -0.2) is 4.79 Å². The molecule has 0 aliphatic carbocycles. The van der Waals surface area contributed by atoms with Crippen LogP contribution in [-0.2, 0) is 0 Å². The first-order valence-electron chi connectivity index (χ1n) is 5.74. The largest absolute Gasteiger partial charge is 0.504 e. The Hall–Kier alpha value is -2.54. The SMILES string of the molecule is O=C(O)c1ccc(NC(=O)c2ccc(O)c(O)c2)c(Br)c1. The van der Waals surface area contributed by atoms with Gasteiger partial charge in [0.25, 0.3) is 5.91 Å². The van der Waals surface area contributed by atoms with Crippen molar-refractivity contribution < 1.29 is 24.9 Å². The molecule has 0 saturated heterocycles. The van der Waals surface area contributed by atoms with E-state index in [9.17, 15) is 19.8 Å². The second-order valence-corrected chi connectivity index (χ2v) is 5.01. The normalized spacial score (nSPS) is 10.1. The first kappa shape index (κ1) is 14.9. The Kier molecular flexibility index (Phi) is 4.13. The fourth-order valence-corrected chi connectivity index (χ4v) is 2.09. The number of hydrogen-bond acceptors (Lipinski definition) is 4. The predicted molar refractivity (Wildman–Crippen MR) is 78.8 cm³/mol. The monoisotopic (exact) mass is 351 g/mol. The summed E-state index contributed by atoms with van der Waals surface area (Å²) in [7, 11) is 0. The van der Waals surface area contributed by atoms with Gasteiger partial charge >= 0.3 is 5.97 Å². The molecule has 0 radical (unpaired) electrons. The Balaban J connectivity index is 2.23. The molecule has 2 aromatic carbocycles. The first-order chi connectivity index (χ1) is 9.88. The fourth-order valence-electron chi connectivity index (χ4n) is 1.61. The van der Waals surface area contributed by atoms with Crippen LogP contribution in [0.2, 0.25) is 0 Å². The van der Waals surface area contributed by atoms with E-state index in [4.69, 9.17) is 5.11 Å². The Bertz CT molecular complexity index is 729. The first-order valence-corrected chi connectivity index (χ1v) is 6.54. The molecule has 0 saturated carbocycles. The van der Waals surface area contributed by atoms with Crippen LogP contribution in [0.3, 0.4) is 0 Å². The van der Waals surface area contributed by atoms with E-state index in [1.807, 2.05) is 0 Å². The lowest BCUT2D eigenvalue weighted by molar-refractivity contribution is 0.0696. The van der Waals surface area contributed by atoms with E-state index in [-0.39, 0.29) is 16.9 Å². The lowest BCUT2D eigenvalue weighted by Gasteiger charge is -2.09. The summed E-state index contributed by atoms with van der Waals surface area (Å²) in [5.74, 6) is -2.30. The number of aromatic carboxylic acids is 1. The maximum absolute atomic E-state index is 12.0. The highest BCUT2D eigenvalue weighted by atomic mass is 79.9. The number of anilines is 1. The Morgan fingerprint density at radius 1 is 0.952 bits per heavy atom. The van der Waals surface area contributed by atoms with Gasteiger partial charge in [0.15, 0.2) is 11.5 Å². The zero-order chi connectivity index (χ0) is 15.6. The average Bonchev–Trinajstić information content (AvgIpc) is 2.43. The van der Waals surface area contributed by atoms with Crippen LogP contribution in [0.1, 0.15) is 20.7 Å². The summed E-state index contributed by atoms with van der Waals surface area (Å²) in [6.45, 7) is 0. The number of carbonyl (C=O) groups is 2. The van der Waals surface area contributed by atoms with Gasteiger partial charge in [0, 0.05) is 10.0 Å². The van der Waals surface area contributed by atoms with Crippen LogP contribution in [-0.4, -0.2) is 27.2 Å². The van der Waals surface area contributed by atoms with E-state index < -0.39 is 17.6 Å².